The van der Waals surface area contributed by atoms with Gasteiger partial charge >= 0.3 is 0 Å². The fourth-order valence-electron chi connectivity index (χ4n) is 1.23. The van der Waals surface area contributed by atoms with Crippen molar-refractivity contribution in [3.63, 3.8) is 0 Å². The van der Waals surface area contributed by atoms with Crippen molar-refractivity contribution >= 4 is 0 Å². The highest BCUT2D eigenvalue weighted by Gasteiger charge is 1.91. The number of hydrogen-bond acceptors (Lipinski definition) is 1. The molecule has 1 heteroatoms. The van der Waals surface area contributed by atoms with Crippen LogP contribution in [0.5, 0.6) is 0 Å². The van der Waals surface area contributed by atoms with E-state index in [1.165, 1.54) is 30.5 Å². The van der Waals surface area contributed by atoms with Crippen molar-refractivity contribution in [1.29, 1.82) is 0 Å². The zero-order valence-corrected chi connectivity index (χ0v) is 9.32. The molecule has 0 aromatic rings. The van der Waals surface area contributed by atoms with E-state index in [1.54, 1.807) is 0 Å². The average molecular weight is 181 g/mol. The first-order valence-electron chi connectivity index (χ1n) is 5.24. The molecule has 0 saturated heterocycles. The summed E-state index contributed by atoms with van der Waals surface area (Å²) < 4.78 is 0. The van der Waals surface area contributed by atoms with Crippen LogP contribution >= 0.6 is 0 Å². The molecule has 1 N–H and O–H groups in total. The van der Waals surface area contributed by atoms with E-state index in [1.807, 2.05) is 0 Å². The smallest absolute Gasteiger partial charge is 0.0143 e. The normalized spacial score (nSPS) is 11.5. The molecular weight excluding hydrogens is 158 g/mol. The first-order chi connectivity index (χ1) is 6.20. The summed E-state index contributed by atoms with van der Waals surface area (Å²) in [6.07, 6.45) is 6.92. The molecule has 1 nitrogen and oxygen atoms in total. The lowest BCUT2D eigenvalue weighted by Crippen LogP contribution is -2.13. The van der Waals surface area contributed by atoms with Gasteiger partial charge < -0.3 is 5.32 Å². The largest absolute Gasteiger partial charge is 0.389 e. The molecule has 0 saturated carbocycles. The summed E-state index contributed by atoms with van der Waals surface area (Å²) in [6.45, 7) is 11.3. The van der Waals surface area contributed by atoms with Crippen LogP contribution in [0.1, 0.15) is 46.5 Å². The molecule has 0 fully saturated rings. The van der Waals surface area contributed by atoms with Gasteiger partial charge in [0, 0.05) is 12.2 Å². The third-order valence-electron chi connectivity index (χ3n) is 2.11. The van der Waals surface area contributed by atoms with Gasteiger partial charge in [-0.3, -0.25) is 0 Å². The number of rotatable bonds is 7. The van der Waals surface area contributed by atoms with Gasteiger partial charge in [0.15, 0.2) is 0 Å². The summed E-state index contributed by atoms with van der Waals surface area (Å²) in [5.74, 6) is 0. The monoisotopic (exact) mass is 181 g/mol. The lowest BCUT2D eigenvalue weighted by Gasteiger charge is -2.07. The van der Waals surface area contributed by atoms with Gasteiger partial charge in [0.05, 0.1) is 0 Å². The molecule has 0 aliphatic heterocycles. The van der Waals surface area contributed by atoms with Gasteiger partial charge in [0.2, 0.25) is 0 Å². The highest BCUT2D eigenvalue weighted by Crippen LogP contribution is 2.03. The summed E-state index contributed by atoms with van der Waals surface area (Å²) in [5, 5.41) is 3.42. The zero-order chi connectivity index (χ0) is 10.1. The van der Waals surface area contributed by atoms with Crippen LogP contribution in [-0.2, 0) is 0 Å². The van der Waals surface area contributed by atoms with E-state index in [9.17, 15) is 0 Å². The minimum atomic E-state index is 1.10. The number of allylic oxidation sites excluding steroid dienone is 3. The van der Waals surface area contributed by atoms with Crippen molar-refractivity contribution in [2.45, 2.75) is 46.5 Å². The van der Waals surface area contributed by atoms with Gasteiger partial charge in [-0.15, -0.1) is 6.58 Å². The Morgan fingerprint density at radius 2 is 2.08 bits per heavy atom. The Balaban J connectivity index is 3.30. The van der Waals surface area contributed by atoms with Crippen molar-refractivity contribution < 1.29 is 0 Å². The van der Waals surface area contributed by atoms with Crippen LogP contribution in [0.25, 0.3) is 0 Å². The third-order valence-corrected chi connectivity index (χ3v) is 2.11. The van der Waals surface area contributed by atoms with Crippen molar-refractivity contribution in [3.05, 3.63) is 23.9 Å². The summed E-state index contributed by atoms with van der Waals surface area (Å²) in [4.78, 5) is 0. The van der Waals surface area contributed by atoms with E-state index in [0.29, 0.717) is 0 Å². The summed E-state index contributed by atoms with van der Waals surface area (Å²) in [6, 6.07) is 0. The van der Waals surface area contributed by atoms with Crippen molar-refractivity contribution in [2.24, 2.45) is 0 Å². The Kier molecular flexibility index (Phi) is 7.47. The first-order valence-corrected chi connectivity index (χ1v) is 5.24. The second-order valence-corrected chi connectivity index (χ2v) is 3.51. The molecule has 0 spiro atoms. The van der Waals surface area contributed by atoms with E-state index in [4.69, 9.17) is 0 Å². The van der Waals surface area contributed by atoms with Gasteiger partial charge in [0.25, 0.3) is 0 Å². The van der Waals surface area contributed by atoms with Crippen LogP contribution in [0.15, 0.2) is 23.9 Å². The van der Waals surface area contributed by atoms with Crippen LogP contribution in [0, 0.1) is 0 Å². The van der Waals surface area contributed by atoms with Crippen LogP contribution < -0.4 is 5.32 Å². The van der Waals surface area contributed by atoms with Crippen molar-refractivity contribution in [3.8, 4) is 0 Å². The van der Waals surface area contributed by atoms with Gasteiger partial charge in [-0.05, 0) is 39.5 Å². The Bertz CT molecular complexity index is 168. The standard InChI is InChI=1S/C12H23N/c1-5-12(6-2)13-10-8-7-9-11(3)4/h5,13H,3,6-10H2,1-2,4H3/b12-5-. The molecule has 0 rings (SSSR count). The minimum absolute atomic E-state index is 1.10. The number of nitrogens with one attached hydrogen (secondary N) is 1. The molecule has 0 aromatic carbocycles. The molecule has 0 unspecified atom stereocenters. The van der Waals surface area contributed by atoms with E-state index in [0.717, 1.165) is 13.0 Å². The maximum absolute atomic E-state index is 3.89. The SMILES string of the molecule is C=C(C)CCCCN/C(=C\C)CC. The Morgan fingerprint density at radius 3 is 2.54 bits per heavy atom. The Hall–Kier alpha value is -0.720. The van der Waals surface area contributed by atoms with Crippen LogP contribution in [-0.4, -0.2) is 6.54 Å². The molecule has 0 heterocycles. The van der Waals surface area contributed by atoms with Gasteiger partial charge in [-0.25, -0.2) is 0 Å². The lowest BCUT2D eigenvalue weighted by molar-refractivity contribution is 0.664. The molecule has 0 radical (unpaired) electrons. The van der Waals surface area contributed by atoms with E-state index in [-0.39, 0.29) is 0 Å². The van der Waals surface area contributed by atoms with Gasteiger partial charge in [0.1, 0.15) is 0 Å². The van der Waals surface area contributed by atoms with E-state index < -0.39 is 0 Å². The molecule has 0 aliphatic rings. The summed E-state index contributed by atoms with van der Waals surface area (Å²) in [5.41, 5.74) is 2.65. The van der Waals surface area contributed by atoms with E-state index in [2.05, 4.69) is 38.7 Å². The molecule has 0 aliphatic carbocycles. The van der Waals surface area contributed by atoms with Gasteiger partial charge in [-0.2, -0.15) is 0 Å². The highest BCUT2D eigenvalue weighted by molar-refractivity contribution is 4.96. The quantitative estimate of drug-likeness (QED) is 0.467. The van der Waals surface area contributed by atoms with Crippen LogP contribution in [0.2, 0.25) is 0 Å². The number of hydrogen-bond donors (Lipinski definition) is 1. The summed E-state index contributed by atoms with van der Waals surface area (Å²) in [7, 11) is 0. The van der Waals surface area contributed by atoms with Crippen LogP contribution in [0.3, 0.4) is 0 Å². The maximum atomic E-state index is 3.89. The second-order valence-electron chi connectivity index (χ2n) is 3.51. The number of unbranched alkanes of at least 4 members (excludes halogenated alkanes) is 1. The Morgan fingerprint density at radius 1 is 1.38 bits per heavy atom. The molecule has 76 valence electrons. The fraction of sp³-hybridized carbons (Fsp3) is 0.667. The Labute approximate surface area is 82.9 Å². The predicted octanol–water partition coefficient (Wildman–Crippen LogP) is 3.64. The lowest BCUT2D eigenvalue weighted by atomic mass is 10.1. The van der Waals surface area contributed by atoms with E-state index >= 15 is 0 Å². The van der Waals surface area contributed by atoms with Crippen LogP contribution in [0.4, 0.5) is 0 Å². The highest BCUT2D eigenvalue weighted by atomic mass is 14.9. The maximum Gasteiger partial charge on any atom is 0.0143 e. The predicted molar refractivity (Wildman–Crippen MR) is 60.7 cm³/mol. The van der Waals surface area contributed by atoms with Crippen molar-refractivity contribution in [1.82, 2.24) is 5.32 Å². The second kappa shape index (κ2) is 7.90. The van der Waals surface area contributed by atoms with Gasteiger partial charge in [-0.1, -0.05) is 18.6 Å². The van der Waals surface area contributed by atoms with Crippen molar-refractivity contribution in [2.75, 3.05) is 6.54 Å². The third kappa shape index (κ3) is 7.63. The molecule has 0 bridgehead atoms. The first kappa shape index (κ1) is 12.3. The average Bonchev–Trinajstić information content (AvgIpc) is 2.11. The molecule has 0 aromatic heterocycles. The minimum Gasteiger partial charge on any atom is -0.389 e. The topological polar surface area (TPSA) is 12.0 Å². The molecule has 0 amide bonds. The molecular formula is C12H23N. The molecule has 13 heavy (non-hydrogen) atoms. The molecule has 0 atom stereocenters. The summed E-state index contributed by atoms with van der Waals surface area (Å²) >= 11 is 0. The fourth-order valence-corrected chi connectivity index (χ4v) is 1.23. The zero-order valence-electron chi connectivity index (χ0n) is 9.32.